The molecule has 0 N–H and O–H groups in total. The van der Waals surface area contributed by atoms with E-state index < -0.39 is 11.7 Å². The first-order chi connectivity index (χ1) is 32.6. The SMILES string of the molecule is [C-]#[N+]c1cccc(-c2ccc3c(c2)c2ccccc2n3-c2ccc(-c3cc(C)cc(C(F)(F)F)c3)c(-c3cc(C#N)ccc3-n3c4ccccc4c4cc(-c5cccc(C#N)c5)ccc43)c2)c1. The Morgan fingerprint density at radius 1 is 0.463 bits per heavy atom. The average molecular weight is 870 g/mol. The molecule has 0 fully saturated rings. The smallest absolute Gasteiger partial charge is 0.309 e. The van der Waals surface area contributed by atoms with E-state index in [0.29, 0.717) is 44.6 Å². The van der Waals surface area contributed by atoms with Crippen molar-refractivity contribution in [3.05, 3.63) is 222 Å². The number of rotatable bonds is 6. The van der Waals surface area contributed by atoms with E-state index in [-0.39, 0.29) is 0 Å². The third-order valence-electron chi connectivity index (χ3n) is 12.6. The van der Waals surface area contributed by atoms with E-state index in [1.807, 2.05) is 109 Å². The quantitative estimate of drug-likeness (QED) is 0.156. The number of aromatic nitrogens is 2. The van der Waals surface area contributed by atoms with Crippen LogP contribution in [-0.2, 0) is 6.18 Å². The predicted molar refractivity (Wildman–Crippen MR) is 262 cm³/mol. The molecule has 11 aromatic rings. The summed E-state index contributed by atoms with van der Waals surface area (Å²) in [5.74, 6) is 0. The summed E-state index contributed by atoms with van der Waals surface area (Å²) in [6.45, 7) is 9.25. The molecule has 9 aromatic carbocycles. The first kappa shape index (κ1) is 40.6. The lowest BCUT2D eigenvalue weighted by molar-refractivity contribution is -0.137. The zero-order chi connectivity index (χ0) is 46.0. The van der Waals surface area contributed by atoms with Crippen molar-refractivity contribution in [1.82, 2.24) is 9.13 Å². The molecule has 0 aliphatic rings. The number of benzene rings is 9. The molecule has 0 spiro atoms. The van der Waals surface area contributed by atoms with Gasteiger partial charge in [0.25, 0.3) is 0 Å². The Morgan fingerprint density at radius 3 is 1.73 bits per heavy atom. The van der Waals surface area contributed by atoms with Gasteiger partial charge >= 0.3 is 6.18 Å². The van der Waals surface area contributed by atoms with Crippen LogP contribution < -0.4 is 0 Å². The van der Waals surface area contributed by atoms with E-state index in [0.717, 1.165) is 83.3 Å². The van der Waals surface area contributed by atoms with E-state index in [1.165, 1.54) is 6.07 Å². The normalized spacial score (nSPS) is 11.5. The monoisotopic (exact) mass is 869 g/mol. The second-order valence-corrected chi connectivity index (χ2v) is 16.7. The number of hydrogen-bond acceptors (Lipinski definition) is 2. The van der Waals surface area contributed by atoms with E-state index >= 15 is 0 Å². The van der Waals surface area contributed by atoms with Gasteiger partial charge in [0.15, 0.2) is 5.69 Å². The highest BCUT2D eigenvalue weighted by atomic mass is 19.4. The molecule has 316 valence electrons. The highest BCUT2D eigenvalue weighted by Crippen LogP contribution is 2.45. The first-order valence-corrected chi connectivity index (χ1v) is 21.5. The molecule has 11 rings (SSSR count). The lowest BCUT2D eigenvalue weighted by Crippen LogP contribution is -2.06. The summed E-state index contributed by atoms with van der Waals surface area (Å²) in [4.78, 5) is 3.64. The van der Waals surface area contributed by atoms with E-state index in [1.54, 1.807) is 31.2 Å². The van der Waals surface area contributed by atoms with Gasteiger partial charge in [-0.15, -0.1) is 0 Å². The summed E-state index contributed by atoms with van der Waals surface area (Å²) >= 11 is 0. The van der Waals surface area contributed by atoms with Crippen LogP contribution in [0.15, 0.2) is 188 Å². The van der Waals surface area contributed by atoms with Crippen LogP contribution in [0.2, 0.25) is 0 Å². The second-order valence-electron chi connectivity index (χ2n) is 16.7. The fraction of sp³-hybridized carbons (Fsp3) is 0.0339. The molecular formula is C59H34F3N5. The van der Waals surface area contributed by atoms with Gasteiger partial charge in [-0.05, 0) is 148 Å². The Kier molecular flexibility index (Phi) is 9.59. The van der Waals surface area contributed by atoms with Gasteiger partial charge in [-0.25, -0.2) is 4.85 Å². The van der Waals surface area contributed by atoms with Crippen LogP contribution in [-0.4, -0.2) is 9.13 Å². The number of nitrogens with zero attached hydrogens (tertiary/aromatic N) is 5. The lowest BCUT2D eigenvalue weighted by atomic mass is 9.90. The molecule has 0 aliphatic carbocycles. The van der Waals surface area contributed by atoms with Gasteiger partial charge in [0.1, 0.15) is 0 Å². The maximum Gasteiger partial charge on any atom is 0.416 e. The third-order valence-corrected chi connectivity index (χ3v) is 12.6. The van der Waals surface area contributed by atoms with Crippen LogP contribution in [0, 0.1) is 36.2 Å². The van der Waals surface area contributed by atoms with E-state index in [2.05, 4.69) is 68.6 Å². The fourth-order valence-corrected chi connectivity index (χ4v) is 9.63. The molecule has 0 radical (unpaired) electrons. The van der Waals surface area contributed by atoms with Crippen molar-refractivity contribution >= 4 is 49.3 Å². The Bertz CT molecular complexity index is 3980. The molecular weight excluding hydrogens is 836 g/mol. The number of nitriles is 2. The molecule has 2 heterocycles. The van der Waals surface area contributed by atoms with Gasteiger partial charge in [-0.2, -0.15) is 23.7 Å². The van der Waals surface area contributed by atoms with Crippen molar-refractivity contribution in [2.45, 2.75) is 13.1 Å². The first-order valence-electron chi connectivity index (χ1n) is 21.5. The summed E-state index contributed by atoms with van der Waals surface area (Å²) < 4.78 is 48.0. The zero-order valence-corrected chi connectivity index (χ0v) is 35.8. The van der Waals surface area contributed by atoms with Crippen LogP contribution in [0.1, 0.15) is 22.3 Å². The van der Waals surface area contributed by atoms with Crippen LogP contribution in [0.5, 0.6) is 0 Å². The molecule has 0 unspecified atom stereocenters. The number of para-hydroxylation sites is 2. The van der Waals surface area contributed by atoms with Gasteiger partial charge in [-0.3, -0.25) is 0 Å². The average Bonchev–Trinajstić information content (AvgIpc) is 3.87. The van der Waals surface area contributed by atoms with Crippen LogP contribution in [0.3, 0.4) is 0 Å². The van der Waals surface area contributed by atoms with Crippen molar-refractivity contribution in [3.8, 4) is 68.0 Å². The molecule has 67 heavy (non-hydrogen) atoms. The minimum atomic E-state index is -4.58. The highest BCUT2D eigenvalue weighted by molar-refractivity contribution is 6.12. The standard InChI is InChI=1S/C59H34F3N5/c1-36-25-43(29-44(26-36)59(60,61)62)47-21-20-46(66-54-15-5-3-13-48(54)52-32-42(18-23-56(52)66)40-11-8-12-45(30-40)65-2)33-50(47)51-28-38(35-64)17-22-57(51)67-55-16-6-4-14-49(55)53-31-41(19-24-58(53)67)39-10-7-9-37(27-39)34-63/h3-33H,1H3. The van der Waals surface area contributed by atoms with Crippen molar-refractivity contribution in [2.24, 2.45) is 0 Å². The van der Waals surface area contributed by atoms with Crippen molar-refractivity contribution in [3.63, 3.8) is 0 Å². The maximum absolute atomic E-state index is 14.6. The Labute approximate surface area is 383 Å². The van der Waals surface area contributed by atoms with Gasteiger partial charge in [0.2, 0.25) is 0 Å². The van der Waals surface area contributed by atoms with Crippen molar-refractivity contribution in [2.75, 3.05) is 0 Å². The van der Waals surface area contributed by atoms with Gasteiger partial charge in [0.05, 0.1) is 63.2 Å². The fourth-order valence-electron chi connectivity index (χ4n) is 9.63. The number of aryl methyl sites for hydroxylation is 1. The second kappa shape index (κ2) is 15.8. The minimum absolute atomic E-state index is 0.391. The van der Waals surface area contributed by atoms with Crippen LogP contribution in [0.4, 0.5) is 18.9 Å². The predicted octanol–water partition coefficient (Wildman–Crippen LogP) is 16.2. The van der Waals surface area contributed by atoms with Crippen molar-refractivity contribution in [1.29, 1.82) is 10.5 Å². The number of hydrogen-bond donors (Lipinski definition) is 0. The van der Waals surface area contributed by atoms with Crippen LogP contribution in [0.25, 0.3) is 104 Å². The Hall–Kier alpha value is -9.16. The van der Waals surface area contributed by atoms with E-state index in [9.17, 15) is 23.7 Å². The maximum atomic E-state index is 14.6. The number of alkyl halides is 3. The molecule has 0 amide bonds. The summed E-state index contributed by atoms with van der Waals surface area (Å²) in [6.07, 6.45) is -4.58. The van der Waals surface area contributed by atoms with Crippen LogP contribution >= 0.6 is 0 Å². The number of fused-ring (bicyclic) bond motifs is 6. The molecule has 0 aliphatic heterocycles. The van der Waals surface area contributed by atoms with E-state index in [4.69, 9.17) is 6.57 Å². The highest BCUT2D eigenvalue weighted by Gasteiger charge is 2.31. The molecule has 8 heteroatoms. The minimum Gasteiger partial charge on any atom is -0.309 e. The summed E-state index contributed by atoms with van der Waals surface area (Å²) in [5, 5.41) is 24.1. The zero-order valence-electron chi connectivity index (χ0n) is 35.8. The number of halogens is 3. The third kappa shape index (κ3) is 6.95. The summed E-state index contributed by atoms with van der Waals surface area (Å²) in [5.41, 5.74) is 12.4. The van der Waals surface area contributed by atoms with Gasteiger partial charge in [0, 0.05) is 32.8 Å². The van der Waals surface area contributed by atoms with Gasteiger partial charge < -0.3 is 9.13 Å². The Balaban J connectivity index is 1.19. The molecule has 0 saturated carbocycles. The molecule has 0 saturated heterocycles. The summed E-state index contributed by atoms with van der Waals surface area (Å²) in [6, 6.07) is 63.8. The molecule has 0 bridgehead atoms. The Morgan fingerprint density at radius 2 is 1.06 bits per heavy atom. The summed E-state index contributed by atoms with van der Waals surface area (Å²) in [7, 11) is 0. The largest absolute Gasteiger partial charge is 0.416 e. The molecule has 2 aromatic heterocycles. The molecule has 5 nitrogen and oxygen atoms in total. The molecule has 0 atom stereocenters. The lowest BCUT2D eigenvalue weighted by Gasteiger charge is -2.20. The van der Waals surface area contributed by atoms with Gasteiger partial charge in [-0.1, -0.05) is 91.0 Å². The van der Waals surface area contributed by atoms with Crippen molar-refractivity contribution < 1.29 is 13.2 Å². The topological polar surface area (TPSA) is 61.8 Å².